The molecule has 0 aliphatic heterocycles. The van der Waals surface area contributed by atoms with Gasteiger partial charge in [0.15, 0.2) is 5.13 Å². The minimum absolute atomic E-state index is 0.0652. The first-order valence-electron chi connectivity index (χ1n) is 3.94. The Hall–Kier alpha value is -0.610. The number of nitrogens with two attached hydrogens (primary N) is 1. The first kappa shape index (κ1) is 9.48. The van der Waals surface area contributed by atoms with Gasteiger partial charge < -0.3 is 11.1 Å². The molecule has 0 bridgehead atoms. The normalized spacial score (nSPS) is 11.7. The van der Waals surface area contributed by atoms with E-state index in [0.717, 1.165) is 10.8 Å². The molecule has 0 saturated heterocycles. The van der Waals surface area contributed by atoms with Crippen LogP contribution in [0.3, 0.4) is 0 Å². The van der Waals surface area contributed by atoms with Gasteiger partial charge in [-0.2, -0.15) is 0 Å². The van der Waals surface area contributed by atoms with Crippen LogP contribution in [-0.2, 0) is 0 Å². The van der Waals surface area contributed by atoms with E-state index in [4.69, 9.17) is 5.73 Å². The molecule has 4 heteroatoms. The molecule has 0 amide bonds. The zero-order chi connectivity index (χ0) is 9.19. The van der Waals surface area contributed by atoms with E-state index in [1.165, 1.54) is 0 Å². The Morgan fingerprint density at radius 3 is 2.75 bits per heavy atom. The van der Waals surface area contributed by atoms with Gasteiger partial charge in [-0.1, -0.05) is 0 Å². The summed E-state index contributed by atoms with van der Waals surface area (Å²) in [6.45, 7) is 6.70. The Balaban J connectivity index is 2.63. The van der Waals surface area contributed by atoms with Crippen LogP contribution in [0.5, 0.6) is 0 Å². The highest BCUT2D eigenvalue weighted by Gasteiger charge is 2.15. The second-order valence-electron chi connectivity index (χ2n) is 3.51. The van der Waals surface area contributed by atoms with Crippen LogP contribution in [0.4, 0.5) is 5.13 Å². The Morgan fingerprint density at radius 1 is 1.67 bits per heavy atom. The number of hydrogen-bond donors (Lipinski definition) is 2. The number of nitrogens with one attached hydrogen (secondary N) is 1. The van der Waals surface area contributed by atoms with E-state index in [2.05, 4.69) is 24.1 Å². The van der Waals surface area contributed by atoms with Crippen molar-refractivity contribution >= 4 is 16.5 Å². The van der Waals surface area contributed by atoms with Gasteiger partial charge in [-0.3, -0.25) is 0 Å². The van der Waals surface area contributed by atoms with Gasteiger partial charge in [0, 0.05) is 17.5 Å². The molecular weight excluding hydrogens is 170 g/mol. The Kier molecular flexibility index (Phi) is 2.69. The van der Waals surface area contributed by atoms with E-state index in [9.17, 15) is 0 Å². The van der Waals surface area contributed by atoms with Crippen molar-refractivity contribution in [2.45, 2.75) is 26.3 Å². The molecule has 1 rings (SSSR count). The lowest BCUT2D eigenvalue weighted by atomic mass is 10.1. The lowest BCUT2D eigenvalue weighted by Gasteiger charge is -2.23. The molecule has 1 heterocycles. The first-order chi connectivity index (χ1) is 5.53. The lowest BCUT2D eigenvalue weighted by molar-refractivity contribution is 0.579. The Morgan fingerprint density at radius 2 is 2.33 bits per heavy atom. The largest absolute Gasteiger partial charge is 0.355 e. The first-order valence-corrected chi connectivity index (χ1v) is 4.82. The van der Waals surface area contributed by atoms with Crippen molar-refractivity contribution in [1.82, 2.24) is 4.98 Å². The minimum Gasteiger partial charge on any atom is -0.355 e. The van der Waals surface area contributed by atoms with E-state index < -0.39 is 0 Å². The molecule has 0 atom stereocenters. The number of aromatic nitrogens is 1. The summed E-state index contributed by atoms with van der Waals surface area (Å²) in [6.07, 6.45) is 0. The summed E-state index contributed by atoms with van der Waals surface area (Å²) in [5, 5.41) is 6.24. The van der Waals surface area contributed by atoms with Gasteiger partial charge in [0.1, 0.15) is 0 Å². The molecule has 0 unspecified atom stereocenters. The quantitative estimate of drug-likeness (QED) is 0.752. The average molecular weight is 185 g/mol. The molecule has 3 nitrogen and oxygen atoms in total. The zero-order valence-electron chi connectivity index (χ0n) is 7.72. The van der Waals surface area contributed by atoms with Gasteiger partial charge in [0.05, 0.1) is 5.69 Å². The monoisotopic (exact) mass is 185 g/mol. The van der Waals surface area contributed by atoms with E-state index in [-0.39, 0.29) is 5.54 Å². The number of anilines is 1. The molecule has 0 aromatic carbocycles. The zero-order valence-corrected chi connectivity index (χ0v) is 8.53. The van der Waals surface area contributed by atoms with Gasteiger partial charge >= 0.3 is 0 Å². The van der Waals surface area contributed by atoms with Crippen LogP contribution in [0.25, 0.3) is 0 Å². The molecule has 0 radical (unpaired) electrons. The van der Waals surface area contributed by atoms with Crippen molar-refractivity contribution in [2.24, 2.45) is 5.73 Å². The highest BCUT2D eigenvalue weighted by atomic mass is 32.1. The van der Waals surface area contributed by atoms with Crippen molar-refractivity contribution in [2.75, 3.05) is 11.9 Å². The van der Waals surface area contributed by atoms with Crippen molar-refractivity contribution in [3.63, 3.8) is 0 Å². The molecular formula is C8H15N3S. The van der Waals surface area contributed by atoms with Crippen LogP contribution >= 0.6 is 11.3 Å². The van der Waals surface area contributed by atoms with E-state index in [1.807, 2.05) is 12.3 Å². The smallest absolute Gasteiger partial charge is 0.183 e. The van der Waals surface area contributed by atoms with E-state index in [0.29, 0.717) is 6.54 Å². The second-order valence-corrected chi connectivity index (χ2v) is 4.37. The number of rotatable bonds is 3. The lowest BCUT2D eigenvalue weighted by Crippen LogP contribution is -2.39. The molecule has 68 valence electrons. The molecule has 3 N–H and O–H groups in total. The summed E-state index contributed by atoms with van der Waals surface area (Å²) in [6, 6.07) is 0. The summed E-state index contributed by atoms with van der Waals surface area (Å²) < 4.78 is 0. The van der Waals surface area contributed by atoms with Crippen molar-refractivity contribution in [3.05, 3.63) is 11.1 Å². The van der Waals surface area contributed by atoms with Crippen LogP contribution in [-0.4, -0.2) is 17.1 Å². The van der Waals surface area contributed by atoms with E-state index in [1.54, 1.807) is 11.3 Å². The van der Waals surface area contributed by atoms with Gasteiger partial charge in [0.25, 0.3) is 0 Å². The fourth-order valence-corrected chi connectivity index (χ4v) is 1.62. The number of thiazole rings is 1. The molecule has 12 heavy (non-hydrogen) atoms. The molecule has 1 aromatic rings. The third kappa shape index (κ3) is 2.46. The predicted molar refractivity (Wildman–Crippen MR) is 53.6 cm³/mol. The third-order valence-electron chi connectivity index (χ3n) is 1.57. The predicted octanol–water partition coefficient (Wildman–Crippen LogP) is 1.60. The third-order valence-corrected chi connectivity index (χ3v) is 2.45. The number of hydrogen-bond acceptors (Lipinski definition) is 4. The van der Waals surface area contributed by atoms with Crippen LogP contribution in [0.2, 0.25) is 0 Å². The minimum atomic E-state index is -0.0652. The van der Waals surface area contributed by atoms with Crippen LogP contribution in [0.15, 0.2) is 5.38 Å². The van der Waals surface area contributed by atoms with Gasteiger partial charge in [-0.15, -0.1) is 11.3 Å². The summed E-state index contributed by atoms with van der Waals surface area (Å²) >= 11 is 1.61. The summed E-state index contributed by atoms with van der Waals surface area (Å²) in [4.78, 5) is 4.30. The molecule has 1 aromatic heterocycles. The van der Waals surface area contributed by atoms with Crippen molar-refractivity contribution in [1.29, 1.82) is 0 Å². The number of aryl methyl sites for hydroxylation is 1. The molecule has 0 aliphatic rings. The SMILES string of the molecule is Cc1csc(NC(C)(C)CN)n1. The van der Waals surface area contributed by atoms with Gasteiger partial charge in [0.2, 0.25) is 0 Å². The van der Waals surface area contributed by atoms with Crippen LogP contribution < -0.4 is 11.1 Å². The van der Waals surface area contributed by atoms with Gasteiger partial charge in [-0.25, -0.2) is 4.98 Å². The summed E-state index contributed by atoms with van der Waals surface area (Å²) in [7, 11) is 0. The van der Waals surface area contributed by atoms with Crippen LogP contribution in [0, 0.1) is 6.92 Å². The van der Waals surface area contributed by atoms with E-state index >= 15 is 0 Å². The summed E-state index contributed by atoms with van der Waals surface area (Å²) in [5.41, 5.74) is 6.56. The highest BCUT2D eigenvalue weighted by molar-refractivity contribution is 7.13. The second kappa shape index (κ2) is 3.41. The van der Waals surface area contributed by atoms with Gasteiger partial charge in [-0.05, 0) is 20.8 Å². The maximum Gasteiger partial charge on any atom is 0.183 e. The van der Waals surface area contributed by atoms with Crippen LogP contribution in [0.1, 0.15) is 19.5 Å². The average Bonchev–Trinajstić information content (AvgIpc) is 2.35. The topological polar surface area (TPSA) is 50.9 Å². The Labute approximate surface area is 77.0 Å². The maximum absolute atomic E-state index is 5.58. The number of nitrogens with zero attached hydrogens (tertiary/aromatic N) is 1. The molecule has 0 fully saturated rings. The summed E-state index contributed by atoms with van der Waals surface area (Å²) in [5.74, 6) is 0. The Bertz CT molecular complexity index is 255. The highest BCUT2D eigenvalue weighted by Crippen LogP contribution is 2.18. The molecule has 0 saturated carbocycles. The van der Waals surface area contributed by atoms with Crippen molar-refractivity contribution in [3.8, 4) is 0 Å². The standard InChI is InChI=1S/C8H15N3S/c1-6-4-12-7(10-6)11-8(2,3)5-9/h4H,5,9H2,1-3H3,(H,10,11). The fraction of sp³-hybridized carbons (Fsp3) is 0.625. The molecule has 0 spiro atoms. The molecule has 0 aliphatic carbocycles. The maximum atomic E-state index is 5.58. The fourth-order valence-electron chi connectivity index (χ4n) is 0.752. The van der Waals surface area contributed by atoms with Crippen molar-refractivity contribution < 1.29 is 0 Å².